The van der Waals surface area contributed by atoms with Gasteiger partial charge in [-0.25, -0.2) is 4.98 Å². The fraction of sp³-hybridized carbons (Fsp3) is 0.0909. The van der Waals surface area contributed by atoms with Crippen molar-refractivity contribution in [1.82, 2.24) is 4.98 Å². The minimum atomic E-state index is -0.649. The van der Waals surface area contributed by atoms with Crippen LogP contribution in [0.25, 0.3) is 0 Å². The molecule has 2 aromatic rings. The van der Waals surface area contributed by atoms with Gasteiger partial charge in [0.15, 0.2) is 0 Å². The fourth-order valence-corrected chi connectivity index (χ4v) is 2.00. The largest absolute Gasteiger partial charge is 0.502 e. The summed E-state index contributed by atoms with van der Waals surface area (Å²) >= 11 is 1.39. The quantitative estimate of drug-likeness (QED) is 0.508. The molecule has 0 bridgehead atoms. The molecule has 0 saturated heterocycles. The highest BCUT2D eigenvalue weighted by atomic mass is 32.1. The number of anilines is 1. The average molecular weight is 278 g/mol. The monoisotopic (exact) mass is 278 g/mol. The summed E-state index contributed by atoms with van der Waals surface area (Å²) in [5.41, 5.74) is 3.47. The van der Waals surface area contributed by atoms with Crippen LogP contribution in [-0.2, 0) is 0 Å². The number of hydrogen-bond donors (Lipinski definition) is 2. The number of benzene rings is 1. The van der Waals surface area contributed by atoms with E-state index in [1.54, 1.807) is 0 Å². The summed E-state index contributed by atoms with van der Waals surface area (Å²) < 4.78 is 0. The van der Waals surface area contributed by atoms with Crippen molar-refractivity contribution >= 4 is 28.4 Å². The van der Waals surface area contributed by atoms with Gasteiger partial charge >= 0.3 is 5.69 Å². The summed E-state index contributed by atoms with van der Waals surface area (Å²) in [6, 6.07) is 4.23. The van der Waals surface area contributed by atoms with E-state index in [1.807, 2.05) is 12.3 Å². The Kier molecular flexibility index (Phi) is 3.71. The molecule has 1 heterocycles. The van der Waals surface area contributed by atoms with Crippen LogP contribution in [0.2, 0.25) is 0 Å². The highest BCUT2D eigenvalue weighted by Crippen LogP contribution is 2.28. The number of nitrogens with zero attached hydrogens (tertiary/aromatic N) is 3. The first-order chi connectivity index (χ1) is 9.08. The molecule has 1 aromatic carbocycles. The zero-order valence-electron chi connectivity index (χ0n) is 9.90. The van der Waals surface area contributed by atoms with E-state index in [0.717, 1.165) is 5.69 Å². The third-order valence-electron chi connectivity index (χ3n) is 2.23. The SMILES string of the molecule is Cc1csc(NN=Cc2cccc([N+](=O)[O-])c2O)n1. The van der Waals surface area contributed by atoms with E-state index in [-0.39, 0.29) is 11.3 Å². The van der Waals surface area contributed by atoms with Gasteiger partial charge in [-0.15, -0.1) is 11.3 Å². The van der Waals surface area contributed by atoms with Crippen molar-refractivity contribution in [3.63, 3.8) is 0 Å². The van der Waals surface area contributed by atoms with Crippen molar-refractivity contribution in [2.75, 3.05) is 5.43 Å². The zero-order valence-corrected chi connectivity index (χ0v) is 10.7. The third kappa shape index (κ3) is 3.05. The number of phenols is 1. The molecule has 0 saturated carbocycles. The van der Waals surface area contributed by atoms with Gasteiger partial charge < -0.3 is 5.11 Å². The lowest BCUT2D eigenvalue weighted by Gasteiger charge is -1.99. The highest BCUT2D eigenvalue weighted by Gasteiger charge is 2.14. The number of hydrogen-bond acceptors (Lipinski definition) is 7. The van der Waals surface area contributed by atoms with Gasteiger partial charge in [-0.2, -0.15) is 5.10 Å². The predicted molar refractivity (Wildman–Crippen MR) is 72.8 cm³/mol. The second-order valence-electron chi connectivity index (χ2n) is 3.64. The molecule has 0 spiro atoms. The van der Waals surface area contributed by atoms with E-state index in [4.69, 9.17) is 0 Å². The van der Waals surface area contributed by atoms with Gasteiger partial charge in [0, 0.05) is 17.0 Å². The Labute approximate surface area is 112 Å². The highest BCUT2D eigenvalue weighted by molar-refractivity contribution is 7.13. The van der Waals surface area contributed by atoms with Crippen LogP contribution in [-0.4, -0.2) is 21.2 Å². The van der Waals surface area contributed by atoms with Crippen LogP contribution >= 0.6 is 11.3 Å². The topological polar surface area (TPSA) is 101 Å². The van der Waals surface area contributed by atoms with Crippen molar-refractivity contribution < 1.29 is 10.0 Å². The van der Waals surface area contributed by atoms with Crippen LogP contribution in [0, 0.1) is 17.0 Å². The summed E-state index contributed by atoms with van der Waals surface area (Å²) in [4.78, 5) is 14.1. The van der Waals surface area contributed by atoms with Gasteiger partial charge in [0.1, 0.15) is 0 Å². The molecular weight excluding hydrogens is 268 g/mol. The second kappa shape index (κ2) is 5.44. The van der Waals surface area contributed by atoms with Crippen LogP contribution in [0.1, 0.15) is 11.3 Å². The number of aryl methyl sites for hydroxylation is 1. The number of nitro benzene ring substituents is 1. The van der Waals surface area contributed by atoms with Gasteiger partial charge in [-0.1, -0.05) is 6.07 Å². The smallest absolute Gasteiger partial charge is 0.311 e. The molecule has 2 N–H and O–H groups in total. The minimum Gasteiger partial charge on any atom is -0.502 e. The minimum absolute atomic E-state index is 0.259. The number of thiazole rings is 1. The molecule has 19 heavy (non-hydrogen) atoms. The van der Waals surface area contributed by atoms with Crippen LogP contribution in [0.3, 0.4) is 0 Å². The van der Waals surface area contributed by atoms with Crippen LogP contribution in [0.4, 0.5) is 10.8 Å². The summed E-state index contributed by atoms with van der Waals surface area (Å²) in [6.07, 6.45) is 1.30. The Morgan fingerprint density at radius 2 is 2.37 bits per heavy atom. The first-order valence-electron chi connectivity index (χ1n) is 5.25. The molecule has 0 unspecified atom stereocenters. The summed E-state index contributed by atoms with van der Waals surface area (Å²) in [7, 11) is 0. The lowest BCUT2D eigenvalue weighted by atomic mass is 10.2. The van der Waals surface area contributed by atoms with Gasteiger partial charge in [0.25, 0.3) is 0 Å². The van der Waals surface area contributed by atoms with Crippen molar-refractivity contribution in [2.45, 2.75) is 6.92 Å². The molecule has 0 radical (unpaired) electrons. The molecule has 98 valence electrons. The molecule has 1 aromatic heterocycles. The van der Waals surface area contributed by atoms with Crippen molar-refractivity contribution in [3.05, 3.63) is 45.0 Å². The van der Waals surface area contributed by atoms with E-state index in [0.29, 0.717) is 5.13 Å². The van der Waals surface area contributed by atoms with Gasteiger partial charge in [-0.3, -0.25) is 15.5 Å². The van der Waals surface area contributed by atoms with Crippen LogP contribution in [0.15, 0.2) is 28.7 Å². The van der Waals surface area contributed by atoms with Crippen LogP contribution in [0.5, 0.6) is 5.75 Å². The molecule has 2 rings (SSSR count). The fourth-order valence-electron chi connectivity index (χ4n) is 1.36. The van der Waals surface area contributed by atoms with Gasteiger partial charge in [0.05, 0.1) is 16.8 Å². The first-order valence-corrected chi connectivity index (χ1v) is 6.13. The maximum Gasteiger partial charge on any atom is 0.311 e. The van der Waals surface area contributed by atoms with Crippen LogP contribution < -0.4 is 5.43 Å². The number of aromatic nitrogens is 1. The Morgan fingerprint density at radius 1 is 1.58 bits per heavy atom. The lowest BCUT2D eigenvalue weighted by Crippen LogP contribution is -1.94. The Balaban J connectivity index is 2.15. The van der Waals surface area contributed by atoms with E-state index >= 15 is 0 Å². The van der Waals surface area contributed by atoms with E-state index in [9.17, 15) is 15.2 Å². The van der Waals surface area contributed by atoms with Gasteiger partial charge in [-0.05, 0) is 13.0 Å². The molecule has 0 fully saturated rings. The third-order valence-corrected chi connectivity index (χ3v) is 3.09. The Morgan fingerprint density at radius 3 is 3.00 bits per heavy atom. The number of rotatable bonds is 4. The normalized spacial score (nSPS) is 10.8. The van der Waals surface area contributed by atoms with E-state index in [2.05, 4.69) is 15.5 Å². The average Bonchev–Trinajstić information content (AvgIpc) is 2.77. The van der Waals surface area contributed by atoms with Gasteiger partial charge in [0.2, 0.25) is 10.9 Å². The molecule has 0 aliphatic heterocycles. The Hall–Kier alpha value is -2.48. The van der Waals surface area contributed by atoms with E-state index in [1.165, 1.54) is 35.8 Å². The van der Waals surface area contributed by atoms with Crippen molar-refractivity contribution in [1.29, 1.82) is 0 Å². The summed E-state index contributed by atoms with van der Waals surface area (Å²) in [5, 5.41) is 26.7. The summed E-state index contributed by atoms with van der Waals surface area (Å²) in [6.45, 7) is 1.86. The number of nitro groups is 1. The van der Waals surface area contributed by atoms with E-state index < -0.39 is 10.7 Å². The number of para-hydroxylation sites is 1. The molecule has 0 atom stereocenters. The zero-order chi connectivity index (χ0) is 13.8. The second-order valence-corrected chi connectivity index (χ2v) is 4.49. The Bertz CT molecular complexity index is 639. The predicted octanol–water partition coefficient (Wildman–Crippen LogP) is 2.51. The molecule has 8 heteroatoms. The molecule has 0 amide bonds. The lowest BCUT2D eigenvalue weighted by molar-refractivity contribution is -0.385. The molecular formula is C11H10N4O3S. The maximum atomic E-state index is 10.6. The standard InChI is InChI=1S/C11H10N4O3S/c1-7-6-19-11(13-7)14-12-5-8-3-2-4-9(10(8)16)15(17)18/h2-6,16H,1H3,(H,13,14). The molecule has 7 nitrogen and oxygen atoms in total. The first kappa shape index (κ1) is 13.0. The molecule has 0 aliphatic carbocycles. The molecule has 0 aliphatic rings. The number of nitrogens with one attached hydrogen (secondary N) is 1. The number of aromatic hydroxyl groups is 1. The van der Waals surface area contributed by atoms with Crippen molar-refractivity contribution in [2.24, 2.45) is 5.10 Å². The number of phenolic OH excluding ortho intramolecular Hbond substituents is 1. The maximum absolute atomic E-state index is 10.6. The number of hydrazone groups is 1. The van der Waals surface area contributed by atoms with Crippen molar-refractivity contribution in [3.8, 4) is 5.75 Å². The summed E-state index contributed by atoms with van der Waals surface area (Å²) in [5.74, 6) is -0.409.